The Bertz CT molecular complexity index is 823. The Balaban J connectivity index is -0.000000539. The van der Waals surface area contributed by atoms with Gasteiger partial charge in [-0.15, -0.1) is 0 Å². The number of rotatable bonds is 8. The molecule has 0 bridgehead atoms. The van der Waals surface area contributed by atoms with E-state index in [2.05, 4.69) is 18.5 Å². The Morgan fingerprint density at radius 2 is 0.971 bits per heavy atom. The maximum absolute atomic E-state index is 11.0. The number of cyclic esters (lactones) is 2. The molecule has 0 fully saturated rings. The summed E-state index contributed by atoms with van der Waals surface area (Å²) >= 11 is 0. The molecule has 35 heavy (non-hydrogen) atoms. The summed E-state index contributed by atoms with van der Waals surface area (Å²) in [6, 6.07) is 0. The zero-order valence-corrected chi connectivity index (χ0v) is 23.5. The molecule has 0 saturated heterocycles. The molecular formula is C12H18Mg3O18P2+6. The fourth-order valence-corrected chi connectivity index (χ4v) is 2.85. The van der Waals surface area contributed by atoms with E-state index in [1.165, 1.54) is 0 Å². The predicted octanol–water partition coefficient (Wildman–Crippen LogP) is -4.85. The standard InChI is InChI=1S/2C6H9O9P.3Mg/c2*7-1-2(8)4-3(9)5(6(10)14-4)15-16(11,12)13;;;/h2*2,4,7-9H,1H2,(H2,11,12,13);;;/q;;3*+2/t2*2-,4+;;;/m00.../s1. The van der Waals surface area contributed by atoms with Gasteiger partial charge in [-0.05, 0) is 0 Å². The maximum atomic E-state index is 11.0. The van der Waals surface area contributed by atoms with E-state index < -0.39 is 88.3 Å². The molecule has 4 atom stereocenters. The van der Waals surface area contributed by atoms with Crippen LogP contribution in [-0.2, 0) is 37.2 Å². The number of aliphatic hydroxyl groups is 6. The number of hydrogen-bond acceptors (Lipinski definition) is 14. The third kappa shape index (κ3) is 12.0. The summed E-state index contributed by atoms with van der Waals surface area (Å²) in [6.07, 6.45) is -6.42. The number of carbonyl (C=O) groups is 2. The summed E-state index contributed by atoms with van der Waals surface area (Å²) in [5.74, 6) is -6.78. The zero-order valence-electron chi connectivity index (χ0n) is 17.5. The SMILES string of the molecule is O=C1O[C@H]([C@@H](O)CO)C(O)=C1OP(=O)(O)O.O=C1O[C@H]([C@@H](O)CO)C(O)=C1OP(=O)(O)O.[Mg+2].[Mg+2].[Mg+2]. The number of ether oxygens (including phenoxy) is 2. The van der Waals surface area contributed by atoms with Crippen molar-refractivity contribution in [2.75, 3.05) is 13.2 Å². The largest absolute Gasteiger partial charge is 2.00 e. The average Bonchev–Trinajstić information content (AvgIpc) is 3.10. The first-order chi connectivity index (χ1) is 14.5. The van der Waals surface area contributed by atoms with Gasteiger partial charge in [-0.1, -0.05) is 0 Å². The summed E-state index contributed by atoms with van der Waals surface area (Å²) in [6.45, 7) is -1.63. The minimum absolute atomic E-state index is 0. The minimum atomic E-state index is -5.02. The normalized spacial score (nSPS) is 21.3. The van der Waals surface area contributed by atoms with Crippen LogP contribution in [0.15, 0.2) is 23.0 Å². The van der Waals surface area contributed by atoms with Crippen LogP contribution in [0.2, 0.25) is 0 Å². The molecule has 10 N–H and O–H groups in total. The summed E-state index contributed by atoms with van der Waals surface area (Å²) in [5, 5.41) is 53.8. The topological polar surface area (TPSA) is 308 Å². The van der Waals surface area contributed by atoms with Gasteiger partial charge in [-0.25, -0.2) is 18.7 Å². The minimum Gasteiger partial charge on any atom is -0.505 e. The summed E-state index contributed by atoms with van der Waals surface area (Å²) in [4.78, 5) is 55.7. The Labute approximate surface area is 243 Å². The van der Waals surface area contributed by atoms with Gasteiger partial charge in [-0.3, -0.25) is 19.6 Å². The number of aliphatic hydroxyl groups excluding tert-OH is 6. The fraction of sp³-hybridized carbons (Fsp3) is 0.500. The van der Waals surface area contributed by atoms with Gasteiger partial charge in [0.05, 0.1) is 13.2 Å². The second-order valence-electron chi connectivity index (χ2n) is 5.74. The Morgan fingerprint density at radius 1 is 0.714 bits per heavy atom. The van der Waals surface area contributed by atoms with E-state index in [9.17, 15) is 28.9 Å². The molecule has 0 spiro atoms. The predicted molar refractivity (Wildman–Crippen MR) is 109 cm³/mol. The molecule has 0 amide bonds. The van der Waals surface area contributed by atoms with Crippen molar-refractivity contribution in [3.63, 3.8) is 0 Å². The first-order valence-corrected chi connectivity index (χ1v) is 10.9. The Hall–Kier alpha value is 0.0587. The van der Waals surface area contributed by atoms with Gasteiger partial charge in [0.2, 0.25) is 0 Å². The third-order valence-electron chi connectivity index (χ3n) is 3.34. The first-order valence-electron chi connectivity index (χ1n) is 7.88. The molecule has 0 unspecified atom stereocenters. The summed E-state index contributed by atoms with van der Waals surface area (Å²) in [7, 11) is -10.0. The van der Waals surface area contributed by atoms with Crippen molar-refractivity contribution in [1.82, 2.24) is 0 Å². The van der Waals surface area contributed by atoms with Crippen LogP contribution in [0.5, 0.6) is 0 Å². The number of carbonyl (C=O) groups excluding carboxylic acids is 2. The molecular weight excluding hydrogens is 567 g/mol. The maximum Gasteiger partial charge on any atom is 2.00 e. The van der Waals surface area contributed by atoms with Crippen molar-refractivity contribution in [2.24, 2.45) is 0 Å². The van der Waals surface area contributed by atoms with E-state index in [0.717, 1.165) is 0 Å². The van der Waals surface area contributed by atoms with Crippen molar-refractivity contribution < 1.29 is 87.5 Å². The van der Waals surface area contributed by atoms with Crippen LogP contribution in [0.25, 0.3) is 0 Å². The molecule has 0 aromatic rings. The quantitative estimate of drug-likeness (QED) is 0.0725. The van der Waals surface area contributed by atoms with Gasteiger partial charge < -0.3 is 49.2 Å². The average molecular weight is 585 g/mol. The van der Waals surface area contributed by atoms with Crippen molar-refractivity contribution in [1.29, 1.82) is 0 Å². The molecule has 0 aromatic heterocycles. The van der Waals surface area contributed by atoms with Crippen molar-refractivity contribution in [3.05, 3.63) is 23.0 Å². The van der Waals surface area contributed by atoms with Crippen LogP contribution in [-0.4, -0.2) is 169 Å². The molecule has 0 saturated carbocycles. The monoisotopic (exact) mass is 584 g/mol. The molecule has 23 heteroatoms. The molecule has 0 aromatic carbocycles. The second-order valence-corrected chi connectivity index (χ2v) is 8.07. The van der Waals surface area contributed by atoms with Crippen molar-refractivity contribution in [3.8, 4) is 0 Å². The van der Waals surface area contributed by atoms with Crippen LogP contribution in [0.4, 0.5) is 0 Å². The zero-order chi connectivity index (χ0) is 25.0. The van der Waals surface area contributed by atoms with Crippen LogP contribution < -0.4 is 0 Å². The molecule has 2 rings (SSSR count). The number of phosphoric acid groups is 2. The molecule has 18 nitrogen and oxygen atoms in total. The Kier molecular flexibility index (Phi) is 18.2. The van der Waals surface area contributed by atoms with Gasteiger partial charge in [0.1, 0.15) is 12.2 Å². The molecule has 2 aliphatic heterocycles. The van der Waals surface area contributed by atoms with Crippen molar-refractivity contribution in [2.45, 2.75) is 24.4 Å². The number of hydrogen-bond donors (Lipinski definition) is 10. The van der Waals surface area contributed by atoms with E-state index in [4.69, 9.17) is 40.0 Å². The van der Waals surface area contributed by atoms with Gasteiger partial charge in [0.15, 0.2) is 23.7 Å². The van der Waals surface area contributed by atoms with Crippen LogP contribution in [0.3, 0.4) is 0 Å². The molecule has 0 radical (unpaired) electrons. The van der Waals surface area contributed by atoms with Crippen molar-refractivity contribution >= 4 is 96.7 Å². The van der Waals surface area contributed by atoms with E-state index in [0.29, 0.717) is 0 Å². The third-order valence-corrected chi connectivity index (χ3v) is 4.18. The van der Waals surface area contributed by atoms with Crippen LogP contribution >= 0.6 is 15.6 Å². The molecule has 2 heterocycles. The first kappa shape index (κ1) is 39.6. The summed E-state index contributed by atoms with van der Waals surface area (Å²) < 4.78 is 37.3. The number of esters is 2. The van der Waals surface area contributed by atoms with Gasteiger partial charge in [-0.2, -0.15) is 0 Å². The smallest absolute Gasteiger partial charge is 0.505 e. The van der Waals surface area contributed by atoms with Gasteiger partial charge in [0, 0.05) is 0 Å². The fourth-order valence-electron chi connectivity index (χ4n) is 2.04. The van der Waals surface area contributed by atoms with E-state index >= 15 is 0 Å². The molecule has 184 valence electrons. The second kappa shape index (κ2) is 16.1. The van der Waals surface area contributed by atoms with Gasteiger partial charge >= 0.3 is 96.7 Å². The molecule has 0 aliphatic carbocycles. The number of phosphoric ester groups is 2. The van der Waals surface area contributed by atoms with Crippen LogP contribution in [0, 0.1) is 0 Å². The molecule has 2 aliphatic rings. The summed E-state index contributed by atoms with van der Waals surface area (Å²) in [5.41, 5.74) is 0. The Morgan fingerprint density at radius 3 is 1.17 bits per heavy atom. The van der Waals surface area contributed by atoms with E-state index in [-0.39, 0.29) is 69.2 Å². The van der Waals surface area contributed by atoms with Crippen LogP contribution in [0.1, 0.15) is 0 Å². The van der Waals surface area contributed by atoms with Gasteiger partial charge in [0.25, 0.3) is 11.5 Å². The van der Waals surface area contributed by atoms with E-state index in [1.807, 2.05) is 0 Å². The van der Waals surface area contributed by atoms with E-state index in [1.54, 1.807) is 0 Å².